The highest BCUT2D eigenvalue weighted by molar-refractivity contribution is 8.00. The van der Waals surface area contributed by atoms with E-state index in [1.807, 2.05) is 0 Å². The van der Waals surface area contributed by atoms with Crippen LogP contribution in [0.15, 0.2) is 23.6 Å². The second-order valence-electron chi connectivity index (χ2n) is 2.36. The van der Waals surface area contributed by atoms with E-state index in [1.165, 1.54) is 0 Å². The van der Waals surface area contributed by atoms with Crippen molar-refractivity contribution in [3.05, 3.63) is 18.5 Å². The number of carbonyl (C=O) groups excluding carboxylic acids is 1. The number of hydrogen-bond acceptors (Lipinski definition) is 4. The molecule has 1 amide bonds. The lowest BCUT2D eigenvalue weighted by molar-refractivity contribution is -0.109. The minimum Gasteiger partial charge on any atom is -0.342 e. The van der Waals surface area contributed by atoms with Crippen molar-refractivity contribution in [2.45, 2.75) is 14.3 Å². The zero-order valence-electron chi connectivity index (χ0n) is 7.23. The molecule has 0 aliphatic heterocycles. The van der Waals surface area contributed by atoms with Gasteiger partial charge in [-0.3, -0.25) is 4.79 Å². The fourth-order valence-electron chi connectivity index (χ4n) is 0.709. The van der Waals surface area contributed by atoms with Gasteiger partial charge >= 0.3 is 0 Å². The third-order valence-corrected chi connectivity index (χ3v) is 3.47. The molecule has 1 atom stereocenters. The van der Waals surface area contributed by atoms with Gasteiger partial charge in [0.15, 0.2) is 5.16 Å². The number of aromatic nitrogens is 2. The minimum atomic E-state index is -1.62. The van der Waals surface area contributed by atoms with Crippen molar-refractivity contribution in [1.29, 1.82) is 0 Å². The Labute approximate surface area is 106 Å². The Morgan fingerprint density at radius 3 is 2.47 bits per heavy atom. The Balaban J connectivity index is 2.71. The van der Waals surface area contributed by atoms with Crippen LogP contribution in [0.5, 0.6) is 0 Å². The summed E-state index contributed by atoms with van der Waals surface area (Å²) in [6, 6.07) is 1.67. The SMILES string of the molecule is O=CNC(Sc1ncccn1)C(Cl)(Cl)Cl. The lowest BCUT2D eigenvalue weighted by Gasteiger charge is -2.21. The van der Waals surface area contributed by atoms with E-state index in [0.29, 0.717) is 11.6 Å². The van der Waals surface area contributed by atoms with Gasteiger partial charge < -0.3 is 5.32 Å². The van der Waals surface area contributed by atoms with E-state index >= 15 is 0 Å². The van der Waals surface area contributed by atoms with Crippen LogP contribution in [0.4, 0.5) is 0 Å². The number of rotatable bonds is 4. The van der Waals surface area contributed by atoms with E-state index in [0.717, 1.165) is 11.8 Å². The topological polar surface area (TPSA) is 54.9 Å². The Morgan fingerprint density at radius 2 is 2.00 bits per heavy atom. The van der Waals surface area contributed by atoms with Gasteiger partial charge in [-0.2, -0.15) is 0 Å². The first kappa shape index (κ1) is 12.8. The second-order valence-corrected chi connectivity index (χ2v) is 5.80. The highest BCUT2D eigenvalue weighted by Gasteiger charge is 2.33. The van der Waals surface area contributed by atoms with Gasteiger partial charge in [0.2, 0.25) is 10.2 Å². The molecule has 1 heterocycles. The molecule has 8 heteroatoms. The lowest BCUT2D eigenvalue weighted by Crippen LogP contribution is -2.36. The zero-order chi connectivity index (χ0) is 11.3. The molecule has 0 saturated heterocycles. The van der Waals surface area contributed by atoms with Gasteiger partial charge in [-0.15, -0.1) is 0 Å². The molecule has 1 N–H and O–H groups in total. The quantitative estimate of drug-likeness (QED) is 0.302. The molecule has 4 nitrogen and oxygen atoms in total. The smallest absolute Gasteiger partial charge is 0.220 e. The van der Waals surface area contributed by atoms with Crippen molar-refractivity contribution >= 4 is 53.0 Å². The van der Waals surface area contributed by atoms with Crippen LogP contribution in [0.25, 0.3) is 0 Å². The van der Waals surface area contributed by atoms with Crippen LogP contribution in [0, 0.1) is 0 Å². The summed E-state index contributed by atoms with van der Waals surface area (Å²) in [6.07, 6.45) is 3.58. The van der Waals surface area contributed by atoms with Gasteiger partial charge in [-0.05, 0) is 6.07 Å². The first-order valence-electron chi connectivity index (χ1n) is 3.74. The summed E-state index contributed by atoms with van der Waals surface area (Å²) in [7, 11) is 0. The van der Waals surface area contributed by atoms with Crippen molar-refractivity contribution in [1.82, 2.24) is 15.3 Å². The Kier molecular flexibility index (Phi) is 4.92. The van der Waals surface area contributed by atoms with Crippen molar-refractivity contribution < 1.29 is 4.79 Å². The van der Waals surface area contributed by atoms with Crippen LogP contribution in [0.2, 0.25) is 0 Å². The Hall–Kier alpha value is -0.230. The molecule has 1 unspecified atom stereocenters. The summed E-state index contributed by atoms with van der Waals surface area (Å²) >= 11 is 18.0. The van der Waals surface area contributed by atoms with E-state index in [9.17, 15) is 4.79 Å². The predicted octanol–water partition coefficient (Wildman–Crippen LogP) is 2.01. The largest absolute Gasteiger partial charge is 0.342 e. The van der Waals surface area contributed by atoms with Crippen LogP contribution >= 0.6 is 46.6 Å². The standard InChI is InChI=1S/C7H6Cl3N3OS/c8-7(9,10)5(13-4-14)15-6-11-2-1-3-12-6/h1-5H,(H,13,14). The van der Waals surface area contributed by atoms with Gasteiger partial charge in [0, 0.05) is 12.4 Å². The van der Waals surface area contributed by atoms with E-state index in [2.05, 4.69) is 15.3 Å². The maximum absolute atomic E-state index is 10.3. The number of alkyl halides is 3. The lowest BCUT2D eigenvalue weighted by atomic mass is 10.7. The van der Waals surface area contributed by atoms with Gasteiger partial charge in [0.25, 0.3) is 0 Å². The monoisotopic (exact) mass is 285 g/mol. The van der Waals surface area contributed by atoms with Crippen LogP contribution in [0.1, 0.15) is 0 Å². The molecular weight excluding hydrogens is 281 g/mol. The number of nitrogens with zero attached hydrogens (tertiary/aromatic N) is 2. The second kappa shape index (κ2) is 5.75. The molecule has 0 spiro atoms. The molecule has 1 rings (SSSR count). The van der Waals surface area contributed by atoms with Gasteiger partial charge in [-0.1, -0.05) is 46.6 Å². The molecule has 1 aromatic heterocycles. The summed E-state index contributed by atoms with van der Waals surface area (Å²) in [5.41, 5.74) is 0. The van der Waals surface area contributed by atoms with Crippen molar-refractivity contribution in [3.63, 3.8) is 0 Å². The first-order chi connectivity index (χ1) is 7.04. The van der Waals surface area contributed by atoms with Crippen molar-refractivity contribution in [2.24, 2.45) is 0 Å². The third-order valence-electron chi connectivity index (χ3n) is 1.28. The highest BCUT2D eigenvalue weighted by atomic mass is 35.6. The molecule has 0 aliphatic rings. The molecule has 0 radical (unpaired) electrons. The summed E-state index contributed by atoms with van der Waals surface area (Å²) in [6.45, 7) is 0. The maximum atomic E-state index is 10.3. The van der Waals surface area contributed by atoms with Gasteiger partial charge in [0.1, 0.15) is 5.37 Å². The van der Waals surface area contributed by atoms with Gasteiger partial charge in [-0.25, -0.2) is 9.97 Å². The van der Waals surface area contributed by atoms with E-state index < -0.39 is 9.17 Å². The van der Waals surface area contributed by atoms with Crippen LogP contribution < -0.4 is 5.32 Å². The predicted molar refractivity (Wildman–Crippen MR) is 61.2 cm³/mol. The molecule has 82 valence electrons. The number of hydrogen-bond donors (Lipinski definition) is 1. The average Bonchev–Trinajstić information content (AvgIpc) is 2.17. The fraction of sp³-hybridized carbons (Fsp3) is 0.286. The molecule has 15 heavy (non-hydrogen) atoms. The molecular formula is C7H6Cl3N3OS. The van der Waals surface area contributed by atoms with Crippen LogP contribution in [0.3, 0.4) is 0 Å². The zero-order valence-corrected chi connectivity index (χ0v) is 10.3. The highest BCUT2D eigenvalue weighted by Crippen LogP contribution is 2.37. The Bertz CT molecular complexity index is 319. The number of thioether (sulfide) groups is 1. The summed E-state index contributed by atoms with van der Waals surface area (Å²) in [4.78, 5) is 18.2. The van der Waals surface area contributed by atoms with E-state index in [4.69, 9.17) is 34.8 Å². The van der Waals surface area contributed by atoms with Crippen molar-refractivity contribution in [2.75, 3.05) is 0 Å². The average molecular weight is 287 g/mol. The van der Waals surface area contributed by atoms with Crippen molar-refractivity contribution in [3.8, 4) is 0 Å². The summed E-state index contributed by atoms with van der Waals surface area (Å²) < 4.78 is -1.62. The number of carbonyl (C=O) groups is 1. The first-order valence-corrected chi connectivity index (χ1v) is 5.75. The van der Waals surface area contributed by atoms with Crippen LogP contribution in [-0.2, 0) is 4.79 Å². The maximum Gasteiger partial charge on any atom is 0.220 e. The van der Waals surface area contributed by atoms with E-state index in [1.54, 1.807) is 18.5 Å². The third kappa shape index (κ3) is 4.42. The fourth-order valence-corrected chi connectivity index (χ4v) is 2.01. The minimum absolute atomic E-state index is 0.420. The van der Waals surface area contributed by atoms with E-state index in [-0.39, 0.29) is 0 Å². The summed E-state index contributed by atoms with van der Waals surface area (Å²) in [5.74, 6) is 0. The molecule has 0 bridgehead atoms. The van der Waals surface area contributed by atoms with Crippen LogP contribution in [-0.4, -0.2) is 25.5 Å². The number of halogens is 3. The number of nitrogens with one attached hydrogen (secondary N) is 1. The normalized spacial score (nSPS) is 13.3. The molecule has 0 aliphatic carbocycles. The molecule has 0 saturated carbocycles. The number of amides is 1. The van der Waals surface area contributed by atoms with Gasteiger partial charge in [0.05, 0.1) is 0 Å². The molecule has 1 aromatic rings. The molecule has 0 fully saturated rings. The summed E-state index contributed by atoms with van der Waals surface area (Å²) in [5, 5.41) is 2.06. The molecule has 0 aromatic carbocycles. The Morgan fingerprint density at radius 1 is 1.40 bits per heavy atom.